The zero-order valence-corrected chi connectivity index (χ0v) is 10.2. The minimum Gasteiger partial charge on any atom is -0.329 e. The van der Waals surface area contributed by atoms with Crippen LogP contribution in [-0.4, -0.2) is 11.5 Å². The second-order valence-electron chi connectivity index (χ2n) is 2.77. The summed E-state index contributed by atoms with van der Waals surface area (Å²) in [6.07, 6.45) is 2.77. The zero-order chi connectivity index (χ0) is 11.7. The molecule has 0 fully saturated rings. The molecule has 0 amide bonds. The summed E-state index contributed by atoms with van der Waals surface area (Å²) in [6, 6.07) is 1.69. The third-order valence-corrected chi connectivity index (χ3v) is 1.99. The normalized spacial score (nSPS) is 12.5. The Morgan fingerprint density at radius 1 is 1.13 bits per heavy atom. The van der Waals surface area contributed by atoms with E-state index in [-0.39, 0.29) is 5.56 Å². The number of nitrogens with one attached hydrogen (secondary N) is 2. The van der Waals surface area contributed by atoms with E-state index < -0.39 is 0 Å². The molecular weight excluding hydrogens is 188 g/mol. The Morgan fingerprint density at radius 3 is 2.47 bits per heavy atom. The Labute approximate surface area is 91.9 Å². The van der Waals surface area contributed by atoms with Crippen LogP contribution >= 0.6 is 0 Å². The number of hydrogen-bond donors (Lipinski definition) is 2. The minimum atomic E-state index is 0.00523. The molecule has 0 aromatic carbocycles. The molecule has 1 aromatic heterocycles. The third-order valence-electron chi connectivity index (χ3n) is 1.99. The fourth-order valence-corrected chi connectivity index (χ4v) is 1.39. The molecule has 0 saturated heterocycles. The summed E-state index contributed by atoms with van der Waals surface area (Å²) >= 11 is 0. The standard InChI is InChI=1S/C8H10N2O.2C2H6/c11-8-3-6-1-2-9-4-7(6)5-10-8;2*1-2/h3,5,9H,1-2,4H2,(H,10,11);2*1-2H3. The maximum absolute atomic E-state index is 10.9. The first kappa shape index (κ1) is 13.9. The van der Waals surface area contributed by atoms with Crippen LogP contribution < -0.4 is 10.9 Å². The van der Waals surface area contributed by atoms with Crippen LogP contribution in [0.5, 0.6) is 0 Å². The van der Waals surface area contributed by atoms with Crippen LogP contribution in [0.4, 0.5) is 0 Å². The van der Waals surface area contributed by atoms with Gasteiger partial charge in [-0.1, -0.05) is 27.7 Å². The van der Waals surface area contributed by atoms with Gasteiger partial charge in [0, 0.05) is 18.8 Å². The topological polar surface area (TPSA) is 44.9 Å². The van der Waals surface area contributed by atoms with E-state index in [2.05, 4.69) is 10.3 Å². The van der Waals surface area contributed by atoms with Gasteiger partial charge in [-0.25, -0.2) is 0 Å². The number of aromatic amines is 1. The Kier molecular flexibility index (Phi) is 7.64. The van der Waals surface area contributed by atoms with Gasteiger partial charge in [-0.3, -0.25) is 4.79 Å². The second kappa shape index (κ2) is 8.24. The van der Waals surface area contributed by atoms with Crippen LogP contribution in [0, 0.1) is 0 Å². The maximum Gasteiger partial charge on any atom is 0.248 e. The fraction of sp³-hybridized carbons (Fsp3) is 0.583. The quantitative estimate of drug-likeness (QED) is 0.688. The monoisotopic (exact) mass is 210 g/mol. The molecule has 2 rings (SSSR count). The molecule has 15 heavy (non-hydrogen) atoms. The first-order chi connectivity index (χ1) is 7.36. The van der Waals surface area contributed by atoms with E-state index >= 15 is 0 Å². The summed E-state index contributed by atoms with van der Waals surface area (Å²) in [5.41, 5.74) is 2.41. The van der Waals surface area contributed by atoms with Crippen LogP contribution in [0.1, 0.15) is 38.8 Å². The molecule has 0 radical (unpaired) electrons. The molecule has 0 saturated carbocycles. The van der Waals surface area contributed by atoms with Crippen LogP contribution in [0.2, 0.25) is 0 Å². The van der Waals surface area contributed by atoms with E-state index in [4.69, 9.17) is 0 Å². The summed E-state index contributed by atoms with van der Waals surface area (Å²) in [5.74, 6) is 0. The minimum absolute atomic E-state index is 0.00523. The van der Waals surface area contributed by atoms with Crippen molar-refractivity contribution in [1.29, 1.82) is 0 Å². The van der Waals surface area contributed by atoms with E-state index in [1.165, 1.54) is 11.1 Å². The molecule has 1 aliphatic rings. The van der Waals surface area contributed by atoms with E-state index in [0.29, 0.717) is 0 Å². The Hall–Kier alpha value is -1.09. The van der Waals surface area contributed by atoms with Crippen molar-refractivity contribution in [2.45, 2.75) is 40.7 Å². The van der Waals surface area contributed by atoms with Gasteiger partial charge in [-0.05, 0) is 24.1 Å². The molecule has 0 spiro atoms. The summed E-state index contributed by atoms with van der Waals surface area (Å²) in [5, 5.41) is 3.24. The highest BCUT2D eigenvalue weighted by atomic mass is 16.1. The number of rotatable bonds is 0. The number of aromatic nitrogens is 1. The highest BCUT2D eigenvalue weighted by Gasteiger charge is 2.07. The number of pyridine rings is 1. The zero-order valence-electron chi connectivity index (χ0n) is 10.2. The summed E-state index contributed by atoms with van der Waals surface area (Å²) in [4.78, 5) is 13.5. The van der Waals surface area contributed by atoms with Gasteiger partial charge in [0.1, 0.15) is 0 Å². The van der Waals surface area contributed by atoms with Crippen molar-refractivity contribution in [3.63, 3.8) is 0 Å². The molecule has 0 unspecified atom stereocenters. The van der Waals surface area contributed by atoms with E-state index in [1.807, 2.05) is 27.7 Å². The van der Waals surface area contributed by atoms with Crippen molar-refractivity contribution in [3.05, 3.63) is 33.7 Å². The largest absolute Gasteiger partial charge is 0.329 e. The lowest BCUT2D eigenvalue weighted by molar-refractivity contribution is 0.639. The molecule has 2 N–H and O–H groups in total. The molecule has 2 heterocycles. The first-order valence-corrected chi connectivity index (χ1v) is 5.77. The molecule has 1 aliphatic heterocycles. The SMILES string of the molecule is CC.CC.O=c1cc2c(c[nH]1)CNCC2. The predicted molar refractivity (Wildman–Crippen MR) is 65.2 cm³/mol. The summed E-state index contributed by atoms with van der Waals surface area (Å²) < 4.78 is 0. The van der Waals surface area contributed by atoms with Gasteiger partial charge in [0.25, 0.3) is 0 Å². The van der Waals surface area contributed by atoms with Crippen LogP contribution in [0.3, 0.4) is 0 Å². The third kappa shape index (κ3) is 4.30. The summed E-state index contributed by atoms with van der Waals surface area (Å²) in [7, 11) is 0. The van der Waals surface area contributed by atoms with E-state index in [1.54, 1.807) is 12.3 Å². The van der Waals surface area contributed by atoms with Gasteiger partial charge in [0.05, 0.1) is 0 Å². The van der Waals surface area contributed by atoms with Crippen molar-refractivity contribution in [2.24, 2.45) is 0 Å². The second-order valence-corrected chi connectivity index (χ2v) is 2.77. The van der Waals surface area contributed by atoms with Gasteiger partial charge >= 0.3 is 0 Å². The number of H-pyrrole nitrogens is 1. The molecule has 0 aliphatic carbocycles. The van der Waals surface area contributed by atoms with Crippen LogP contribution in [0.15, 0.2) is 17.1 Å². The lowest BCUT2D eigenvalue weighted by atomic mass is 10.0. The van der Waals surface area contributed by atoms with Crippen molar-refractivity contribution < 1.29 is 0 Å². The molecule has 86 valence electrons. The van der Waals surface area contributed by atoms with Crippen molar-refractivity contribution >= 4 is 0 Å². The Morgan fingerprint density at radius 2 is 1.80 bits per heavy atom. The Balaban J connectivity index is 0.000000442. The highest BCUT2D eigenvalue weighted by Crippen LogP contribution is 2.08. The highest BCUT2D eigenvalue weighted by molar-refractivity contribution is 5.25. The number of fused-ring (bicyclic) bond motifs is 1. The van der Waals surface area contributed by atoms with Crippen molar-refractivity contribution in [1.82, 2.24) is 10.3 Å². The fourth-order valence-electron chi connectivity index (χ4n) is 1.39. The van der Waals surface area contributed by atoms with Crippen molar-refractivity contribution in [3.8, 4) is 0 Å². The van der Waals surface area contributed by atoms with Crippen LogP contribution in [-0.2, 0) is 13.0 Å². The lowest BCUT2D eigenvalue weighted by Gasteiger charge is -2.15. The van der Waals surface area contributed by atoms with Crippen molar-refractivity contribution in [2.75, 3.05) is 6.54 Å². The van der Waals surface area contributed by atoms with Gasteiger partial charge in [0.15, 0.2) is 0 Å². The average molecular weight is 210 g/mol. The molecular formula is C12H22N2O. The van der Waals surface area contributed by atoms with E-state index in [9.17, 15) is 4.79 Å². The predicted octanol–water partition coefficient (Wildman–Crippen LogP) is 2.07. The smallest absolute Gasteiger partial charge is 0.248 e. The van der Waals surface area contributed by atoms with Gasteiger partial charge in [-0.15, -0.1) is 0 Å². The molecule has 0 bridgehead atoms. The number of hydrogen-bond acceptors (Lipinski definition) is 2. The van der Waals surface area contributed by atoms with Gasteiger partial charge < -0.3 is 10.3 Å². The Bertz CT molecular complexity index is 318. The first-order valence-electron chi connectivity index (χ1n) is 5.77. The molecule has 0 atom stereocenters. The van der Waals surface area contributed by atoms with Crippen LogP contribution in [0.25, 0.3) is 0 Å². The van der Waals surface area contributed by atoms with E-state index in [0.717, 1.165) is 19.5 Å². The molecule has 1 aromatic rings. The lowest BCUT2D eigenvalue weighted by Crippen LogP contribution is -2.25. The molecule has 3 heteroatoms. The summed E-state index contributed by atoms with van der Waals surface area (Å²) in [6.45, 7) is 9.86. The molecule has 3 nitrogen and oxygen atoms in total. The maximum atomic E-state index is 10.9. The average Bonchev–Trinajstić information content (AvgIpc) is 2.34. The van der Waals surface area contributed by atoms with Gasteiger partial charge in [0.2, 0.25) is 5.56 Å². The van der Waals surface area contributed by atoms with Gasteiger partial charge in [-0.2, -0.15) is 0 Å².